The molecule has 24 heavy (non-hydrogen) atoms. The Hall–Kier alpha value is -2.53. The Morgan fingerprint density at radius 3 is 2.54 bits per heavy atom. The number of hydrogen-bond donors (Lipinski definition) is 1. The van der Waals surface area contributed by atoms with Gasteiger partial charge in [0.25, 0.3) is 0 Å². The third kappa shape index (κ3) is 3.36. The van der Waals surface area contributed by atoms with Crippen LogP contribution in [0, 0.1) is 0 Å². The molecule has 1 heterocycles. The average molecular weight is 326 g/mol. The first-order valence-corrected chi connectivity index (χ1v) is 8.11. The minimum absolute atomic E-state index is 0.191. The smallest absolute Gasteiger partial charge is 0.161 e. The van der Waals surface area contributed by atoms with Crippen molar-refractivity contribution >= 4 is 11.0 Å². The highest BCUT2D eigenvalue weighted by Gasteiger charge is 2.14. The highest BCUT2D eigenvalue weighted by atomic mass is 16.5. The summed E-state index contributed by atoms with van der Waals surface area (Å²) in [5.41, 5.74) is 1.98. The van der Waals surface area contributed by atoms with Gasteiger partial charge in [-0.05, 0) is 24.3 Å². The van der Waals surface area contributed by atoms with Gasteiger partial charge in [-0.25, -0.2) is 4.98 Å². The number of aromatic nitrogens is 2. The molecule has 0 radical (unpaired) electrons. The second-order valence-electron chi connectivity index (χ2n) is 5.60. The zero-order valence-electron chi connectivity index (χ0n) is 14.0. The summed E-state index contributed by atoms with van der Waals surface area (Å²) in [5, 5.41) is 10.4. The number of imidazole rings is 1. The first-order chi connectivity index (χ1) is 11.7. The second-order valence-corrected chi connectivity index (χ2v) is 5.60. The minimum Gasteiger partial charge on any atom is -0.493 e. The molecule has 1 N–H and O–H groups in total. The molecule has 0 aliphatic rings. The Bertz CT molecular complexity index is 813. The molecule has 0 amide bonds. The van der Waals surface area contributed by atoms with Crippen LogP contribution in [0.15, 0.2) is 48.5 Å². The number of nitrogens with zero attached hydrogens (tertiary/aromatic N) is 2. The molecule has 0 unspecified atom stereocenters. The van der Waals surface area contributed by atoms with Crippen molar-refractivity contribution in [2.45, 2.75) is 26.0 Å². The van der Waals surface area contributed by atoms with Crippen LogP contribution < -0.4 is 9.47 Å². The molecular weight excluding hydrogens is 304 g/mol. The summed E-state index contributed by atoms with van der Waals surface area (Å²) in [6, 6.07) is 15.4. The molecule has 0 spiro atoms. The summed E-state index contributed by atoms with van der Waals surface area (Å²) in [6.07, 6.45) is 0.173. The van der Waals surface area contributed by atoms with E-state index in [9.17, 15) is 5.11 Å². The summed E-state index contributed by atoms with van der Waals surface area (Å²) < 4.78 is 13.0. The van der Waals surface area contributed by atoms with E-state index in [1.54, 1.807) is 7.11 Å². The normalized spacial score (nSPS) is 12.3. The van der Waals surface area contributed by atoms with Crippen molar-refractivity contribution in [3.63, 3.8) is 0 Å². The average Bonchev–Trinajstić information content (AvgIpc) is 2.98. The summed E-state index contributed by atoms with van der Waals surface area (Å²) in [5.74, 6) is 2.25. The maximum Gasteiger partial charge on any atom is 0.161 e. The van der Waals surface area contributed by atoms with Crippen LogP contribution in [0.2, 0.25) is 0 Å². The van der Waals surface area contributed by atoms with Gasteiger partial charge >= 0.3 is 0 Å². The number of aliphatic hydroxyl groups is 1. The Morgan fingerprint density at radius 1 is 1.08 bits per heavy atom. The largest absolute Gasteiger partial charge is 0.493 e. The number of aliphatic hydroxyl groups excluding tert-OH is 1. The van der Waals surface area contributed by atoms with Crippen LogP contribution in [0.5, 0.6) is 11.5 Å². The summed E-state index contributed by atoms with van der Waals surface area (Å²) in [7, 11) is 1.60. The predicted molar refractivity (Wildman–Crippen MR) is 93.6 cm³/mol. The molecule has 0 bridgehead atoms. The van der Waals surface area contributed by atoms with Crippen molar-refractivity contribution < 1.29 is 14.6 Å². The summed E-state index contributed by atoms with van der Waals surface area (Å²) >= 11 is 0. The van der Waals surface area contributed by atoms with Gasteiger partial charge in [0.2, 0.25) is 0 Å². The molecule has 0 fully saturated rings. The van der Waals surface area contributed by atoms with Crippen LogP contribution in [0.3, 0.4) is 0 Å². The van der Waals surface area contributed by atoms with Gasteiger partial charge in [-0.1, -0.05) is 31.2 Å². The number of ether oxygens (including phenoxy) is 2. The molecule has 126 valence electrons. The fourth-order valence-corrected chi connectivity index (χ4v) is 2.79. The summed E-state index contributed by atoms with van der Waals surface area (Å²) in [4.78, 5) is 4.62. The van der Waals surface area contributed by atoms with Crippen molar-refractivity contribution in [2.24, 2.45) is 0 Å². The highest BCUT2D eigenvalue weighted by Crippen LogP contribution is 2.26. The Kier molecular flexibility index (Phi) is 5.01. The van der Waals surface area contributed by atoms with Gasteiger partial charge in [0.15, 0.2) is 11.5 Å². The molecular formula is C19H22N2O3. The van der Waals surface area contributed by atoms with Gasteiger partial charge in [0, 0.05) is 6.42 Å². The molecule has 1 aromatic heterocycles. The number of fused-ring (bicyclic) bond motifs is 1. The van der Waals surface area contributed by atoms with Crippen LogP contribution in [0.1, 0.15) is 12.7 Å². The Balaban J connectivity index is 1.72. The Labute approximate surface area is 141 Å². The van der Waals surface area contributed by atoms with Crippen molar-refractivity contribution in [2.75, 3.05) is 13.7 Å². The van der Waals surface area contributed by atoms with Crippen LogP contribution in [-0.4, -0.2) is 34.5 Å². The summed E-state index contributed by atoms with van der Waals surface area (Å²) in [6.45, 7) is 2.70. The topological polar surface area (TPSA) is 56.5 Å². The second kappa shape index (κ2) is 7.36. The van der Waals surface area contributed by atoms with E-state index in [1.807, 2.05) is 48.5 Å². The number of rotatable bonds is 7. The lowest BCUT2D eigenvalue weighted by atomic mass is 10.3. The van der Waals surface area contributed by atoms with Gasteiger partial charge in [-0.3, -0.25) is 0 Å². The van der Waals surface area contributed by atoms with E-state index in [1.165, 1.54) is 0 Å². The van der Waals surface area contributed by atoms with E-state index in [2.05, 4.69) is 16.5 Å². The molecule has 5 heteroatoms. The maximum atomic E-state index is 10.4. The number of benzene rings is 2. The molecule has 3 rings (SSSR count). The van der Waals surface area contributed by atoms with Gasteiger partial charge in [-0.2, -0.15) is 0 Å². The van der Waals surface area contributed by atoms with E-state index in [0.29, 0.717) is 18.0 Å². The molecule has 2 aromatic carbocycles. The third-order valence-corrected chi connectivity index (χ3v) is 3.94. The third-order valence-electron chi connectivity index (χ3n) is 3.94. The monoisotopic (exact) mass is 326 g/mol. The lowest BCUT2D eigenvalue weighted by Gasteiger charge is -2.16. The van der Waals surface area contributed by atoms with Gasteiger partial charge < -0.3 is 19.1 Å². The number of aryl methyl sites for hydroxylation is 1. The van der Waals surface area contributed by atoms with E-state index >= 15 is 0 Å². The van der Waals surface area contributed by atoms with E-state index in [-0.39, 0.29) is 6.61 Å². The SMILES string of the molecule is CCc1nc2ccccc2n1C[C@@H](O)COc1ccccc1OC. The predicted octanol–water partition coefficient (Wildman–Crippen LogP) is 3.05. The lowest BCUT2D eigenvalue weighted by molar-refractivity contribution is 0.0912. The van der Waals surface area contributed by atoms with Crippen LogP contribution in [0.25, 0.3) is 11.0 Å². The molecule has 0 saturated heterocycles. The molecule has 5 nitrogen and oxygen atoms in total. The zero-order valence-corrected chi connectivity index (χ0v) is 14.0. The van der Waals surface area contributed by atoms with E-state index in [0.717, 1.165) is 23.3 Å². The van der Waals surface area contributed by atoms with Crippen molar-refractivity contribution in [3.05, 3.63) is 54.4 Å². The molecule has 0 aliphatic carbocycles. The minimum atomic E-state index is -0.641. The Morgan fingerprint density at radius 2 is 1.79 bits per heavy atom. The maximum absolute atomic E-state index is 10.4. The van der Waals surface area contributed by atoms with Gasteiger partial charge in [-0.15, -0.1) is 0 Å². The van der Waals surface area contributed by atoms with Crippen LogP contribution >= 0.6 is 0 Å². The highest BCUT2D eigenvalue weighted by molar-refractivity contribution is 5.75. The van der Waals surface area contributed by atoms with Crippen molar-refractivity contribution in [3.8, 4) is 11.5 Å². The first kappa shape index (κ1) is 16.3. The zero-order chi connectivity index (χ0) is 16.9. The quantitative estimate of drug-likeness (QED) is 0.725. The number of methoxy groups -OCH3 is 1. The fourth-order valence-electron chi connectivity index (χ4n) is 2.79. The molecule has 1 atom stereocenters. The molecule has 0 saturated carbocycles. The number of hydrogen-bond acceptors (Lipinski definition) is 4. The molecule has 3 aromatic rings. The van der Waals surface area contributed by atoms with Gasteiger partial charge in [0.05, 0.1) is 24.7 Å². The van der Waals surface area contributed by atoms with Crippen LogP contribution in [-0.2, 0) is 13.0 Å². The van der Waals surface area contributed by atoms with Crippen molar-refractivity contribution in [1.29, 1.82) is 0 Å². The lowest BCUT2D eigenvalue weighted by Crippen LogP contribution is -2.24. The fraction of sp³-hybridized carbons (Fsp3) is 0.316. The molecule has 0 aliphatic heterocycles. The van der Waals surface area contributed by atoms with Gasteiger partial charge in [0.1, 0.15) is 18.5 Å². The van der Waals surface area contributed by atoms with E-state index < -0.39 is 6.10 Å². The number of para-hydroxylation sites is 4. The van der Waals surface area contributed by atoms with Crippen molar-refractivity contribution in [1.82, 2.24) is 9.55 Å². The van der Waals surface area contributed by atoms with Crippen LogP contribution in [0.4, 0.5) is 0 Å². The standard InChI is InChI=1S/C19H22N2O3/c1-3-19-20-15-8-4-5-9-16(15)21(19)12-14(22)13-24-18-11-7-6-10-17(18)23-2/h4-11,14,22H,3,12-13H2,1-2H3/t14-/m1/s1. The van der Waals surface area contributed by atoms with E-state index in [4.69, 9.17) is 9.47 Å². The first-order valence-electron chi connectivity index (χ1n) is 8.11.